The highest BCUT2D eigenvalue weighted by atomic mass is 16.2. The van der Waals surface area contributed by atoms with Gasteiger partial charge < -0.3 is 4.90 Å². The van der Waals surface area contributed by atoms with Gasteiger partial charge >= 0.3 is 0 Å². The molecule has 2 saturated heterocycles. The van der Waals surface area contributed by atoms with Crippen molar-refractivity contribution in [3.8, 4) is 0 Å². The molecule has 2 aliphatic heterocycles. The lowest BCUT2D eigenvalue weighted by molar-refractivity contribution is -0.128. The fourth-order valence-electron chi connectivity index (χ4n) is 2.55. The van der Waals surface area contributed by atoms with Crippen LogP contribution < -0.4 is 0 Å². The average Bonchev–Trinajstić information content (AvgIpc) is 2.58. The first kappa shape index (κ1) is 11.9. The van der Waals surface area contributed by atoms with Gasteiger partial charge in [-0.1, -0.05) is 0 Å². The molecular weight excluding hydrogens is 202 g/mol. The molecule has 0 aromatic rings. The van der Waals surface area contributed by atoms with Crippen molar-refractivity contribution in [3.63, 3.8) is 0 Å². The summed E-state index contributed by atoms with van der Waals surface area (Å²) in [4.78, 5) is 18.1. The number of amides is 1. The van der Waals surface area contributed by atoms with Gasteiger partial charge in [-0.15, -0.1) is 0 Å². The summed E-state index contributed by atoms with van der Waals surface area (Å²) in [5, 5.41) is 0. The van der Waals surface area contributed by atoms with Gasteiger partial charge in [0, 0.05) is 32.6 Å². The highest BCUT2D eigenvalue weighted by Crippen LogP contribution is 2.21. The van der Waals surface area contributed by atoms with Crippen LogP contribution >= 0.6 is 0 Å². The Balaban J connectivity index is 1.67. The van der Waals surface area contributed by atoms with Crippen molar-refractivity contribution in [1.82, 2.24) is 14.7 Å². The highest BCUT2D eigenvalue weighted by molar-refractivity contribution is 5.73. The van der Waals surface area contributed by atoms with E-state index >= 15 is 0 Å². The molecule has 0 aromatic carbocycles. The van der Waals surface area contributed by atoms with E-state index in [2.05, 4.69) is 23.6 Å². The standard InChI is InChI=1S/C12H23N3O/c1-10(2)15-8-13(9-15)6-12-4-5-14(7-12)11(3)16/h10,12H,4-9H2,1-3H3. The molecule has 16 heavy (non-hydrogen) atoms. The summed E-state index contributed by atoms with van der Waals surface area (Å²) in [5.41, 5.74) is 0. The molecule has 2 rings (SSSR count). The van der Waals surface area contributed by atoms with Gasteiger partial charge in [0.2, 0.25) is 5.91 Å². The summed E-state index contributed by atoms with van der Waals surface area (Å²) >= 11 is 0. The minimum Gasteiger partial charge on any atom is -0.343 e. The van der Waals surface area contributed by atoms with Crippen molar-refractivity contribution in [1.29, 1.82) is 0 Å². The molecule has 2 aliphatic rings. The monoisotopic (exact) mass is 225 g/mol. The van der Waals surface area contributed by atoms with Crippen LogP contribution in [0.3, 0.4) is 0 Å². The van der Waals surface area contributed by atoms with Crippen molar-refractivity contribution in [2.75, 3.05) is 33.0 Å². The second-order valence-corrected chi connectivity index (χ2v) is 5.44. The molecule has 4 nitrogen and oxygen atoms in total. The normalized spacial score (nSPS) is 27.5. The van der Waals surface area contributed by atoms with Crippen molar-refractivity contribution in [2.45, 2.75) is 33.2 Å². The molecular formula is C12H23N3O. The molecule has 2 fully saturated rings. The van der Waals surface area contributed by atoms with Gasteiger partial charge in [0.15, 0.2) is 0 Å². The first-order valence-corrected chi connectivity index (χ1v) is 6.28. The molecule has 1 unspecified atom stereocenters. The summed E-state index contributed by atoms with van der Waals surface area (Å²) in [6.07, 6.45) is 1.18. The van der Waals surface area contributed by atoms with Gasteiger partial charge in [-0.05, 0) is 26.2 Å². The second-order valence-electron chi connectivity index (χ2n) is 5.44. The largest absolute Gasteiger partial charge is 0.343 e. The van der Waals surface area contributed by atoms with E-state index in [0.717, 1.165) is 33.0 Å². The zero-order valence-electron chi connectivity index (χ0n) is 10.6. The van der Waals surface area contributed by atoms with E-state index in [4.69, 9.17) is 0 Å². The summed E-state index contributed by atoms with van der Waals surface area (Å²) < 4.78 is 0. The van der Waals surface area contributed by atoms with E-state index in [-0.39, 0.29) is 5.91 Å². The molecule has 1 amide bonds. The van der Waals surface area contributed by atoms with Crippen LogP contribution in [0.2, 0.25) is 0 Å². The predicted octanol–water partition coefficient (Wildman–Crippen LogP) is 0.796. The maximum absolute atomic E-state index is 11.2. The molecule has 0 bridgehead atoms. The Hall–Kier alpha value is -0.610. The van der Waals surface area contributed by atoms with Gasteiger partial charge in [-0.25, -0.2) is 0 Å². The Morgan fingerprint density at radius 2 is 2.06 bits per heavy atom. The third kappa shape index (κ3) is 2.55. The summed E-state index contributed by atoms with van der Waals surface area (Å²) in [6.45, 7) is 11.5. The van der Waals surface area contributed by atoms with Crippen molar-refractivity contribution < 1.29 is 4.79 Å². The van der Waals surface area contributed by atoms with Crippen molar-refractivity contribution >= 4 is 5.91 Å². The third-order valence-electron chi connectivity index (χ3n) is 3.74. The van der Waals surface area contributed by atoms with Gasteiger partial charge in [0.1, 0.15) is 0 Å². The zero-order valence-corrected chi connectivity index (χ0v) is 10.6. The minimum absolute atomic E-state index is 0.231. The van der Waals surface area contributed by atoms with Crippen LogP contribution in [-0.2, 0) is 4.79 Å². The maximum Gasteiger partial charge on any atom is 0.219 e. The Bertz CT molecular complexity index is 261. The van der Waals surface area contributed by atoms with Crippen LogP contribution in [0.25, 0.3) is 0 Å². The van der Waals surface area contributed by atoms with Gasteiger partial charge in [0.05, 0.1) is 13.3 Å². The average molecular weight is 225 g/mol. The van der Waals surface area contributed by atoms with Gasteiger partial charge in [-0.2, -0.15) is 0 Å². The lowest BCUT2D eigenvalue weighted by atomic mass is 10.1. The number of carbonyl (C=O) groups is 1. The first-order chi connectivity index (χ1) is 7.56. The van der Waals surface area contributed by atoms with Gasteiger partial charge in [0.25, 0.3) is 0 Å². The van der Waals surface area contributed by atoms with Crippen LogP contribution in [0.1, 0.15) is 27.2 Å². The fourth-order valence-corrected chi connectivity index (χ4v) is 2.55. The number of hydrogen-bond acceptors (Lipinski definition) is 3. The summed E-state index contributed by atoms with van der Waals surface area (Å²) in [6, 6.07) is 0.661. The van der Waals surface area contributed by atoms with Crippen LogP contribution in [0.4, 0.5) is 0 Å². The predicted molar refractivity (Wildman–Crippen MR) is 63.8 cm³/mol. The fraction of sp³-hybridized carbons (Fsp3) is 0.917. The molecule has 0 saturated carbocycles. The topological polar surface area (TPSA) is 26.8 Å². The highest BCUT2D eigenvalue weighted by Gasteiger charge is 2.31. The van der Waals surface area contributed by atoms with E-state index in [1.54, 1.807) is 6.92 Å². The molecule has 0 N–H and O–H groups in total. The van der Waals surface area contributed by atoms with Crippen molar-refractivity contribution in [3.05, 3.63) is 0 Å². The molecule has 0 aromatic heterocycles. The number of hydrogen-bond donors (Lipinski definition) is 0. The summed E-state index contributed by atoms with van der Waals surface area (Å²) in [5.74, 6) is 0.924. The molecule has 0 spiro atoms. The minimum atomic E-state index is 0.231. The SMILES string of the molecule is CC(=O)N1CCC(CN2CN(C(C)C)C2)C1. The molecule has 2 heterocycles. The maximum atomic E-state index is 11.2. The van der Waals surface area contributed by atoms with Crippen LogP contribution in [0.15, 0.2) is 0 Å². The van der Waals surface area contributed by atoms with E-state index in [9.17, 15) is 4.79 Å². The Morgan fingerprint density at radius 1 is 1.38 bits per heavy atom. The van der Waals surface area contributed by atoms with Crippen molar-refractivity contribution in [2.24, 2.45) is 5.92 Å². The Morgan fingerprint density at radius 3 is 2.56 bits per heavy atom. The lowest BCUT2D eigenvalue weighted by Crippen LogP contribution is -2.58. The smallest absolute Gasteiger partial charge is 0.219 e. The molecule has 4 heteroatoms. The van der Waals surface area contributed by atoms with Gasteiger partial charge in [-0.3, -0.25) is 14.6 Å². The first-order valence-electron chi connectivity index (χ1n) is 6.28. The van der Waals surface area contributed by atoms with E-state index in [1.807, 2.05) is 4.90 Å². The molecule has 92 valence electrons. The number of likely N-dealkylation sites (tertiary alicyclic amines) is 1. The number of carbonyl (C=O) groups excluding carboxylic acids is 1. The number of nitrogens with zero attached hydrogens (tertiary/aromatic N) is 3. The Labute approximate surface area is 98.2 Å². The molecule has 0 radical (unpaired) electrons. The third-order valence-corrected chi connectivity index (χ3v) is 3.74. The lowest BCUT2D eigenvalue weighted by Gasteiger charge is -2.45. The van der Waals surface area contributed by atoms with Crippen LogP contribution in [-0.4, -0.2) is 59.6 Å². The zero-order chi connectivity index (χ0) is 11.7. The van der Waals surface area contributed by atoms with E-state index in [1.165, 1.54) is 6.42 Å². The van der Waals surface area contributed by atoms with E-state index in [0.29, 0.717) is 12.0 Å². The second kappa shape index (κ2) is 4.72. The van der Waals surface area contributed by atoms with E-state index < -0.39 is 0 Å². The molecule has 0 aliphatic carbocycles. The Kier molecular flexibility index (Phi) is 3.50. The van der Waals surface area contributed by atoms with Crippen LogP contribution in [0, 0.1) is 5.92 Å². The van der Waals surface area contributed by atoms with Crippen LogP contribution in [0.5, 0.6) is 0 Å². The quantitative estimate of drug-likeness (QED) is 0.711. The number of rotatable bonds is 3. The molecule has 1 atom stereocenters. The summed E-state index contributed by atoms with van der Waals surface area (Å²) in [7, 11) is 0.